The number of nitrogens with zero attached hydrogens (tertiary/aromatic N) is 2. The number of esters is 1. The van der Waals surface area contributed by atoms with E-state index in [0.29, 0.717) is 35.8 Å². The number of aromatic nitrogens is 1. The van der Waals surface area contributed by atoms with E-state index < -0.39 is 11.8 Å². The van der Waals surface area contributed by atoms with Crippen LogP contribution in [0.2, 0.25) is 0 Å². The zero-order valence-corrected chi connectivity index (χ0v) is 21.8. The van der Waals surface area contributed by atoms with Gasteiger partial charge in [0.25, 0.3) is 11.8 Å². The Morgan fingerprint density at radius 2 is 1.73 bits per heavy atom. The van der Waals surface area contributed by atoms with Crippen LogP contribution in [-0.4, -0.2) is 40.7 Å². The Balaban J connectivity index is 1.68. The van der Waals surface area contributed by atoms with Gasteiger partial charge in [0.15, 0.2) is 5.11 Å². The maximum absolute atomic E-state index is 13.5. The van der Waals surface area contributed by atoms with Gasteiger partial charge in [0.2, 0.25) is 0 Å². The van der Waals surface area contributed by atoms with Gasteiger partial charge in [0.05, 0.1) is 24.5 Å². The molecule has 3 aromatic rings. The fourth-order valence-electron chi connectivity index (χ4n) is 4.22. The van der Waals surface area contributed by atoms with Crippen molar-refractivity contribution in [2.75, 3.05) is 18.1 Å². The minimum atomic E-state index is -0.559. The number of carbonyl (C=O) groups excluding carboxylic acids is 3. The van der Waals surface area contributed by atoms with Crippen molar-refractivity contribution < 1.29 is 23.9 Å². The van der Waals surface area contributed by atoms with Crippen LogP contribution in [0.25, 0.3) is 11.8 Å². The number of rotatable bonds is 7. The van der Waals surface area contributed by atoms with E-state index >= 15 is 0 Å². The zero-order valence-electron chi connectivity index (χ0n) is 21.0. The summed E-state index contributed by atoms with van der Waals surface area (Å²) in [6, 6.07) is 15.9. The second-order valence-electron chi connectivity index (χ2n) is 8.32. The van der Waals surface area contributed by atoms with Gasteiger partial charge in [0, 0.05) is 23.1 Å². The molecule has 1 aliphatic rings. The lowest BCUT2D eigenvalue weighted by Gasteiger charge is -2.29. The maximum Gasteiger partial charge on any atom is 0.338 e. The average Bonchev–Trinajstić information content (AvgIpc) is 3.15. The average molecular weight is 518 g/mol. The van der Waals surface area contributed by atoms with Crippen LogP contribution < -0.4 is 15.0 Å². The molecule has 2 heterocycles. The van der Waals surface area contributed by atoms with Gasteiger partial charge in [-0.3, -0.25) is 19.8 Å². The third kappa shape index (κ3) is 5.17. The summed E-state index contributed by atoms with van der Waals surface area (Å²) in [7, 11) is 0. The normalized spacial score (nSPS) is 14.6. The highest BCUT2D eigenvalue weighted by Gasteiger charge is 2.35. The van der Waals surface area contributed by atoms with E-state index in [1.165, 1.54) is 4.90 Å². The van der Waals surface area contributed by atoms with Gasteiger partial charge < -0.3 is 14.0 Å². The lowest BCUT2D eigenvalue weighted by Crippen LogP contribution is -2.54. The van der Waals surface area contributed by atoms with E-state index in [0.717, 1.165) is 17.1 Å². The summed E-state index contributed by atoms with van der Waals surface area (Å²) in [5, 5.41) is 2.63. The van der Waals surface area contributed by atoms with Crippen molar-refractivity contribution in [1.82, 2.24) is 9.88 Å². The van der Waals surface area contributed by atoms with Crippen LogP contribution in [0.3, 0.4) is 0 Å². The Hall–Kier alpha value is -4.24. The SMILES string of the molecule is CCOC(=O)c1ccc(-n2c(C)cc(C=C3C(=O)NC(=S)N(c4cccc(OCC)c4)C3=O)c2C)cc1. The Bertz CT molecular complexity index is 1420. The minimum absolute atomic E-state index is 0.00737. The smallest absolute Gasteiger partial charge is 0.338 e. The highest BCUT2D eigenvalue weighted by atomic mass is 32.1. The van der Waals surface area contributed by atoms with Crippen LogP contribution in [0.15, 0.2) is 60.2 Å². The summed E-state index contributed by atoms with van der Waals surface area (Å²) < 4.78 is 12.6. The standard InChI is InChI=1S/C28H27N3O5S/c1-5-35-23-9-7-8-22(16-23)31-26(33)24(25(32)29-28(31)37)15-20-14-17(3)30(18(20)4)21-12-10-19(11-13-21)27(34)36-6-2/h7-16H,5-6H2,1-4H3,(H,29,32,37). The van der Waals surface area contributed by atoms with Crippen molar-refractivity contribution in [3.8, 4) is 11.4 Å². The van der Waals surface area contributed by atoms with Gasteiger partial charge >= 0.3 is 5.97 Å². The van der Waals surface area contributed by atoms with Crippen LogP contribution in [0, 0.1) is 13.8 Å². The van der Waals surface area contributed by atoms with E-state index in [1.807, 2.05) is 43.5 Å². The highest BCUT2D eigenvalue weighted by molar-refractivity contribution is 7.80. The van der Waals surface area contributed by atoms with Crippen LogP contribution in [0.4, 0.5) is 5.69 Å². The molecule has 190 valence electrons. The number of hydrogen-bond donors (Lipinski definition) is 1. The molecule has 0 saturated carbocycles. The summed E-state index contributed by atoms with van der Waals surface area (Å²) in [5.41, 5.74) is 4.20. The Labute approximate surface area is 220 Å². The first-order chi connectivity index (χ1) is 17.7. The third-order valence-corrected chi connectivity index (χ3v) is 6.18. The molecule has 2 aromatic carbocycles. The first-order valence-corrected chi connectivity index (χ1v) is 12.3. The lowest BCUT2D eigenvalue weighted by molar-refractivity contribution is -0.122. The van der Waals surface area contributed by atoms with Crippen molar-refractivity contribution in [3.63, 3.8) is 0 Å². The first kappa shape index (κ1) is 25.8. The van der Waals surface area contributed by atoms with Crippen LogP contribution in [-0.2, 0) is 14.3 Å². The van der Waals surface area contributed by atoms with E-state index in [9.17, 15) is 14.4 Å². The molecule has 37 heavy (non-hydrogen) atoms. The number of benzene rings is 2. The van der Waals surface area contributed by atoms with E-state index in [-0.39, 0.29) is 16.7 Å². The molecule has 1 N–H and O–H groups in total. The molecule has 9 heteroatoms. The first-order valence-electron chi connectivity index (χ1n) is 11.9. The van der Waals surface area contributed by atoms with E-state index in [4.69, 9.17) is 21.7 Å². The summed E-state index contributed by atoms with van der Waals surface area (Å²) >= 11 is 5.32. The number of hydrogen-bond acceptors (Lipinski definition) is 6. The molecule has 2 amide bonds. The summed E-state index contributed by atoms with van der Waals surface area (Å²) in [5.74, 6) is -0.867. The lowest BCUT2D eigenvalue weighted by atomic mass is 10.1. The fraction of sp³-hybridized carbons (Fsp3) is 0.214. The fourth-order valence-corrected chi connectivity index (χ4v) is 4.50. The molecule has 1 aliphatic heterocycles. The molecule has 0 spiro atoms. The number of nitrogens with one attached hydrogen (secondary N) is 1. The number of carbonyl (C=O) groups is 3. The van der Waals surface area contributed by atoms with Gasteiger partial charge in [-0.15, -0.1) is 0 Å². The Morgan fingerprint density at radius 1 is 1.00 bits per heavy atom. The van der Waals surface area contributed by atoms with Crippen molar-refractivity contribution >= 4 is 46.9 Å². The van der Waals surface area contributed by atoms with Crippen LogP contribution >= 0.6 is 12.2 Å². The zero-order chi connectivity index (χ0) is 26.7. The van der Waals surface area contributed by atoms with Crippen molar-refractivity contribution in [2.24, 2.45) is 0 Å². The molecule has 0 bridgehead atoms. The molecule has 0 unspecified atom stereocenters. The van der Waals surface area contributed by atoms with Crippen molar-refractivity contribution in [3.05, 3.63) is 82.7 Å². The number of ether oxygens (including phenoxy) is 2. The number of aryl methyl sites for hydroxylation is 1. The quantitative estimate of drug-likeness (QED) is 0.215. The molecule has 1 saturated heterocycles. The van der Waals surface area contributed by atoms with Gasteiger partial charge in [-0.1, -0.05) is 6.07 Å². The molecule has 1 aromatic heterocycles. The topological polar surface area (TPSA) is 89.9 Å². The van der Waals surface area contributed by atoms with Gasteiger partial charge in [-0.05, 0) is 94.0 Å². The minimum Gasteiger partial charge on any atom is -0.494 e. The molecule has 0 aliphatic carbocycles. The molecular weight excluding hydrogens is 490 g/mol. The van der Waals surface area contributed by atoms with E-state index in [1.54, 1.807) is 49.4 Å². The second-order valence-corrected chi connectivity index (χ2v) is 8.70. The number of anilines is 1. The molecular formula is C28H27N3O5S. The maximum atomic E-state index is 13.5. The highest BCUT2D eigenvalue weighted by Crippen LogP contribution is 2.28. The summed E-state index contributed by atoms with van der Waals surface area (Å²) in [6.45, 7) is 8.24. The largest absolute Gasteiger partial charge is 0.494 e. The van der Waals surface area contributed by atoms with Crippen molar-refractivity contribution in [1.29, 1.82) is 0 Å². The predicted octanol–water partition coefficient (Wildman–Crippen LogP) is 4.50. The van der Waals surface area contributed by atoms with E-state index in [2.05, 4.69) is 5.32 Å². The Kier molecular flexibility index (Phi) is 7.54. The molecule has 8 nitrogen and oxygen atoms in total. The number of thiocarbonyl (C=S) groups is 1. The van der Waals surface area contributed by atoms with Crippen molar-refractivity contribution in [2.45, 2.75) is 27.7 Å². The van der Waals surface area contributed by atoms with Crippen LogP contribution in [0.1, 0.15) is 41.2 Å². The molecule has 0 atom stereocenters. The molecule has 0 radical (unpaired) electrons. The monoisotopic (exact) mass is 517 g/mol. The number of amides is 2. The van der Waals surface area contributed by atoms with Gasteiger partial charge in [0.1, 0.15) is 11.3 Å². The molecule has 4 rings (SSSR count). The third-order valence-electron chi connectivity index (χ3n) is 5.90. The second kappa shape index (κ2) is 10.8. The van der Waals surface area contributed by atoms with Crippen LogP contribution in [0.5, 0.6) is 5.75 Å². The van der Waals surface area contributed by atoms with Gasteiger partial charge in [-0.25, -0.2) is 4.79 Å². The molecule has 1 fully saturated rings. The predicted molar refractivity (Wildman–Crippen MR) is 145 cm³/mol. The van der Waals surface area contributed by atoms with Gasteiger partial charge in [-0.2, -0.15) is 0 Å². The Morgan fingerprint density at radius 3 is 2.41 bits per heavy atom. The summed E-state index contributed by atoms with van der Waals surface area (Å²) in [6.07, 6.45) is 1.57. The summed E-state index contributed by atoms with van der Waals surface area (Å²) in [4.78, 5) is 39.5.